The third-order valence-electron chi connectivity index (χ3n) is 6.46. The van der Waals surface area contributed by atoms with Crippen LogP contribution in [0.3, 0.4) is 0 Å². The number of allylic oxidation sites excluding steroid dienone is 4. The Bertz CT molecular complexity index is 644. The molecule has 0 aromatic heterocycles. The quantitative estimate of drug-likeness (QED) is 0.321. The molecule has 0 amide bonds. The Balaban J connectivity index is 1.54. The molecule has 1 aromatic rings. The zero-order chi connectivity index (χ0) is 19.7. The molecular weight excluding hydrogens is 340 g/mol. The second-order valence-electron chi connectivity index (χ2n) is 8.71. The lowest BCUT2D eigenvalue weighted by molar-refractivity contribution is 0.0839. The summed E-state index contributed by atoms with van der Waals surface area (Å²) in [6, 6.07) is 9.51. The standard InChI is InChI=1S/C27H38O/c1-3-8-23-9-13-25(14-10-23)26-15-11-24(12-16-26)17-20-27(22-28-21-4-2)18-6-5-7-19-27/h3,6-8,11-12,15-16,18-19,23,25H,4-5,9-10,13-14,17,20-22H2,1-2H3/b8-3-/t23-,25-. The average molecular weight is 379 g/mol. The van der Waals surface area contributed by atoms with Gasteiger partial charge in [-0.05, 0) is 81.3 Å². The number of hydrogen-bond donors (Lipinski definition) is 0. The maximum atomic E-state index is 5.93. The summed E-state index contributed by atoms with van der Waals surface area (Å²) in [7, 11) is 0. The molecule has 1 saturated carbocycles. The van der Waals surface area contributed by atoms with Gasteiger partial charge in [-0.2, -0.15) is 0 Å². The van der Waals surface area contributed by atoms with Gasteiger partial charge in [0.1, 0.15) is 0 Å². The minimum Gasteiger partial charge on any atom is -0.380 e. The molecule has 1 heteroatoms. The van der Waals surface area contributed by atoms with Gasteiger partial charge in [0.2, 0.25) is 0 Å². The van der Waals surface area contributed by atoms with Crippen LogP contribution in [0.1, 0.15) is 75.8 Å². The lowest BCUT2D eigenvalue weighted by Gasteiger charge is -2.29. The van der Waals surface area contributed by atoms with Crippen molar-refractivity contribution < 1.29 is 4.74 Å². The summed E-state index contributed by atoms with van der Waals surface area (Å²) in [4.78, 5) is 0. The van der Waals surface area contributed by atoms with Crippen molar-refractivity contribution in [1.29, 1.82) is 0 Å². The molecule has 3 rings (SSSR count). The van der Waals surface area contributed by atoms with Gasteiger partial charge in [-0.25, -0.2) is 0 Å². The van der Waals surface area contributed by atoms with Crippen LogP contribution in [0.2, 0.25) is 0 Å². The van der Waals surface area contributed by atoms with Crippen molar-refractivity contribution in [3.8, 4) is 0 Å². The predicted octanol–water partition coefficient (Wildman–Crippen LogP) is 7.40. The lowest BCUT2D eigenvalue weighted by atomic mass is 9.78. The average Bonchev–Trinajstić information content (AvgIpc) is 2.75. The summed E-state index contributed by atoms with van der Waals surface area (Å²) in [5.74, 6) is 1.57. The molecular formula is C27H38O. The van der Waals surface area contributed by atoms with E-state index in [0.717, 1.165) is 50.7 Å². The van der Waals surface area contributed by atoms with Crippen molar-refractivity contribution in [2.75, 3.05) is 13.2 Å². The van der Waals surface area contributed by atoms with E-state index in [4.69, 9.17) is 4.74 Å². The van der Waals surface area contributed by atoms with Crippen molar-refractivity contribution >= 4 is 0 Å². The van der Waals surface area contributed by atoms with E-state index in [-0.39, 0.29) is 5.41 Å². The van der Waals surface area contributed by atoms with Crippen molar-refractivity contribution in [2.45, 2.75) is 71.1 Å². The topological polar surface area (TPSA) is 9.23 Å². The van der Waals surface area contributed by atoms with Gasteiger partial charge in [-0.15, -0.1) is 0 Å². The smallest absolute Gasteiger partial charge is 0.0591 e. The highest BCUT2D eigenvalue weighted by Gasteiger charge is 2.25. The van der Waals surface area contributed by atoms with Crippen LogP contribution < -0.4 is 0 Å². The lowest BCUT2D eigenvalue weighted by Crippen LogP contribution is -2.25. The minimum atomic E-state index is 0.0806. The van der Waals surface area contributed by atoms with Crippen LogP contribution in [-0.2, 0) is 11.2 Å². The second kappa shape index (κ2) is 10.8. The molecule has 0 spiro atoms. The van der Waals surface area contributed by atoms with Crippen molar-refractivity contribution in [1.82, 2.24) is 0 Å². The summed E-state index contributed by atoms with van der Waals surface area (Å²) < 4.78 is 5.93. The van der Waals surface area contributed by atoms with Gasteiger partial charge < -0.3 is 4.74 Å². The summed E-state index contributed by atoms with van der Waals surface area (Å²) in [6.45, 7) is 5.98. The maximum absolute atomic E-state index is 5.93. The van der Waals surface area contributed by atoms with Gasteiger partial charge in [0.05, 0.1) is 6.61 Å². The number of aryl methyl sites for hydroxylation is 1. The van der Waals surface area contributed by atoms with Crippen LogP contribution in [0.25, 0.3) is 0 Å². The molecule has 1 fully saturated rings. The molecule has 0 unspecified atom stereocenters. The van der Waals surface area contributed by atoms with Crippen molar-refractivity contribution in [3.63, 3.8) is 0 Å². The molecule has 0 radical (unpaired) electrons. The highest BCUT2D eigenvalue weighted by molar-refractivity contribution is 5.27. The highest BCUT2D eigenvalue weighted by Crippen LogP contribution is 2.37. The fourth-order valence-electron chi connectivity index (χ4n) is 4.73. The zero-order valence-corrected chi connectivity index (χ0v) is 17.9. The number of hydrogen-bond acceptors (Lipinski definition) is 1. The van der Waals surface area contributed by atoms with Crippen LogP contribution in [0.5, 0.6) is 0 Å². The Morgan fingerprint density at radius 3 is 2.39 bits per heavy atom. The van der Waals surface area contributed by atoms with E-state index >= 15 is 0 Å². The first-order chi connectivity index (χ1) is 13.7. The molecule has 2 aliphatic carbocycles. The van der Waals surface area contributed by atoms with Crippen LogP contribution >= 0.6 is 0 Å². The normalized spacial score (nSPS) is 24.1. The van der Waals surface area contributed by atoms with Crippen LogP contribution in [-0.4, -0.2) is 13.2 Å². The molecule has 0 saturated heterocycles. The summed E-state index contributed by atoms with van der Waals surface area (Å²) >= 11 is 0. The van der Waals surface area contributed by atoms with Gasteiger partial charge in [0, 0.05) is 12.0 Å². The van der Waals surface area contributed by atoms with Gasteiger partial charge in [0.25, 0.3) is 0 Å². The van der Waals surface area contributed by atoms with E-state index in [1.807, 2.05) is 0 Å². The van der Waals surface area contributed by atoms with E-state index in [9.17, 15) is 0 Å². The van der Waals surface area contributed by atoms with Crippen LogP contribution in [0.4, 0.5) is 0 Å². The third kappa shape index (κ3) is 5.95. The van der Waals surface area contributed by atoms with Gasteiger partial charge >= 0.3 is 0 Å². The van der Waals surface area contributed by atoms with Crippen molar-refractivity contribution in [3.05, 3.63) is 71.8 Å². The number of ether oxygens (including phenoxy) is 1. The number of rotatable bonds is 9. The first-order valence-electron chi connectivity index (χ1n) is 11.4. The van der Waals surface area contributed by atoms with Crippen molar-refractivity contribution in [2.24, 2.45) is 11.3 Å². The predicted molar refractivity (Wildman–Crippen MR) is 121 cm³/mol. The zero-order valence-electron chi connectivity index (χ0n) is 17.9. The number of benzene rings is 1. The highest BCUT2D eigenvalue weighted by atomic mass is 16.5. The Morgan fingerprint density at radius 2 is 1.75 bits per heavy atom. The van der Waals surface area contributed by atoms with Crippen LogP contribution in [0.15, 0.2) is 60.7 Å². The van der Waals surface area contributed by atoms with E-state index < -0.39 is 0 Å². The van der Waals surface area contributed by atoms with Gasteiger partial charge in [-0.1, -0.05) is 67.6 Å². The molecule has 0 N–H and O–H groups in total. The molecule has 28 heavy (non-hydrogen) atoms. The fraction of sp³-hybridized carbons (Fsp3) is 0.556. The SMILES string of the molecule is C/C=C\[C@H]1CC[C@H](c2ccc(CCC3(COCCC)C=CCC=C3)cc2)CC1. The van der Waals surface area contributed by atoms with E-state index in [2.05, 4.69) is 74.6 Å². The maximum Gasteiger partial charge on any atom is 0.0591 e. The van der Waals surface area contributed by atoms with Gasteiger partial charge in [0.15, 0.2) is 0 Å². The first kappa shape index (κ1) is 21.1. The Hall–Kier alpha value is -1.60. The second-order valence-corrected chi connectivity index (χ2v) is 8.71. The third-order valence-corrected chi connectivity index (χ3v) is 6.46. The molecule has 0 atom stereocenters. The monoisotopic (exact) mass is 378 g/mol. The first-order valence-corrected chi connectivity index (χ1v) is 11.4. The molecule has 0 heterocycles. The largest absolute Gasteiger partial charge is 0.380 e. The molecule has 1 aromatic carbocycles. The minimum absolute atomic E-state index is 0.0806. The van der Waals surface area contributed by atoms with E-state index in [1.54, 1.807) is 5.56 Å². The summed E-state index contributed by atoms with van der Waals surface area (Å²) in [5.41, 5.74) is 3.08. The van der Waals surface area contributed by atoms with Crippen LogP contribution in [0, 0.1) is 11.3 Å². The Morgan fingerprint density at radius 1 is 1.04 bits per heavy atom. The molecule has 0 bridgehead atoms. The Labute approximate surface area is 172 Å². The molecule has 2 aliphatic rings. The molecule has 152 valence electrons. The van der Waals surface area contributed by atoms with E-state index in [0.29, 0.717) is 0 Å². The summed E-state index contributed by atoms with van der Waals surface area (Å²) in [5, 5.41) is 0. The van der Waals surface area contributed by atoms with E-state index in [1.165, 1.54) is 31.2 Å². The summed E-state index contributed by atoms with van der Waals surface area (Å²) in [6.07, 6.45) is 23.7. The fourth-order valence-corrected chi connectivity index (χ4v) is 4.73. The van der Waals surface area contributed by atoms with Gasteiger partial charge in [-0.3, -0.25) is 0 Å². The molecule has 1 nitrogen and oxygen atoms in total. The Kier molecular flexibility index (Phi) is 8.15. The molecule has 0 aliphatic heterocycles.